The number of ether oxygens (including phenoxy) is 3. The molecule has 2 aromatic rings. The number of hydrogen-bond donors (Lipinski definition) is 1. The number of halogens is 1. The van der Waals surface area contributed by atoms with Crippen LogP contribution in [-0.2, 0) is 17.9 Å². The van der Waals surface area contributed by atoms with Crippen LogP contribution >= 0.6 is 0 Å². The molecule has 0 spiro atoms. The molecule has 7 nitrogen and oxygen atoms in total. The summed E-state index contributed by atoms with van der Waals surface area (Å²) < 4.78 is 30.1. The minimum atomic E-state index is -0.291. The Morgan fingerprint density at radius 2 is 1.72 bits per heavy atom. The highest BCUT2D eigenvalue weighted by Crippen LogP contribution is 2.39. The first-order chi connectivity index (χ1) is 15.4. The molecular formula is C24H29FN2O5. The van der Waals surface area contributed by atoms with Gasteiger partial charge in [0.05, 0.1) is 26.9 Å². The van der Waals surface area contributed by atoms with E-state index in [1.165, 1.54) is 26.4 Å². The van der Waals surface area contributed by atoms with Crippen LogP contribution < -0.4 is 14.2 Å². The lowest BCUT2D eigenvalue weighted by Crippen LogP contribution is -2.55. The number of aliphatic hydroxyl groups excluding tert-OH is 1. The van der Waals surface area contributed by atoms with E-state index in [4.69, 9.17) is 14.2 Å². The molecule has 0 amide bonds. The Balaban J connectivity index is 1.76. The molecule has 0 aromatic heterocycles. The number of hydrogen-bond acceptors (Lipinski definition) is 7. The average molecular weight is 445 g/mol. The summed E-state index contributed by atoms with van der Waals surface area (Å²) in [5, 5.41) is 9.44. The fraction of sp³-hybridized carbons (Fsp3) is 0.417. The maximum Gasteiger partial charge on any atom is 0.205 e. The largest absolute Gasteiger partial charge is 0.493 e. The summed E-state index contributed by atoms with van der Waals surface area (Å²) in [4.78, 5) is 15.9. The molecule has 1 saturated heterocycles. The highest BCUT2D eigenvalue weighted by atomic mass is 19.1. The van der Waals surface area contributed by atoms with Crippen molar-refractivity contribution >= 4 is 5.94 Å². The van der Waals surface area contributed by atoms with Gasteiger partial charge in [0, 0.05) is 19.1 Å². The maximum absolute atomic E-state index is 13.2. The van der Waals surface area contributed by atoms with Crippen LogP contribution in [0.2, 0.25) is 0 Å². The van der Waals surface area contributed by atoms with Gasteiger partial charge in [-0.3, -0.25) is 4.90 Å². The van der Waals surface area contributed by atoms with Crippen LogP contribution in [-0.4, -0.2) is 60.4 Å². The molecule has 1 aliphatic rings. The SMILES string of the molecule is COc1cc(CO)cc(OC)c1OCN1C[C@H](C)N(Cc2ccc(F)cc2)C(=C=O)[C@H]1C. The van der Waals surface area contributed by atoms with Gasteiger partial charge in [-0.05, 0) is 49.2 Å². The predicted molar refractivity (Wildman–Crippen MR) is 118 cm³/mol. The number of benzene rings is 2. The van der Waals surface area contributed by atoms with Crippen molar-refractivity contribution in [3.05, 3.63) is 59.0 Å². The van der Waals surface area contributed by atoms with Crippen LogP contribution in [0.1, 0.15) is 25.0 Å². The smallest absolute Gasteiger partial charge is 0.205 e. The fourth-order valence-electron chi connectivity index (χ4n) is 3.90. The Morgan fingerprint density at radius 1 is 1.09 bits per heavy atom. The van der Waals surface area contributed by atoms with Gasteiger partial charge in [-0.25, -0.2) is 9.18 Å². The standard InChI is InChI=1S/C24H29FN2O5/c1-16-11-26(15-32-24-22(30-3)9-19(13-28)10-23(24)31-4)17(2)21(14-29)27(16)12-18-5-7-20(25)8-6-18/h5-10,16-17,28H,11-13,15H2,1-4H3/t16-,17+/m0/s1. The molecule has 1 heterocycles. The first kappa shape index (κ1) is 23.6. The van der Waals surface area contributed by atoms with E-state index in [9.17, 15) is 14.3 Å². The molecule has 0 saturated carbocycles. The summed E-state index contributed by atoms with van der Waals surface area (Å²) >= 11 is 0. The van der Waals surface area contributed by atoms with Gasteiger partial charge in [0.25, 0.3) is 0 Å². The Bertz CT molecular complexity index is 950. The van der Waals surface area contributed by atoms with Crippen molar-refractivity contribution in [2.24, 2.45) is 0 Å². The second-order valence-corrected chi connectivity index (χ2v) is 7.80. The van der Waals surface area contributed by atoms with Crippen molar-refractivity contribution in [3.63, 3.8) is 0 Å². The van der Waals surface area contributed by atoms with Gasteiger partial charge < -0.3 is 24.2 Å². The molecular weight excluding hydrogens is 415 g/mol. The first-order valence-electron chi connectivity index (χ1n) is 10.4. The van der Waals surface area contributed by atoms with Gasteiger partial charge in [-0.1, -0.05) is 12.1 Å². The number of piperazine rings is 1. The number of nitrogens with zero attached hydrogens (tertiary/aromatic N) is 2. The van der Waals surface area contributed by atoms with Crippen LogP contribution in [0.5, 0.6) is 17.2 Å². The van der Waals surface area contributed by atoms with Crippen molar-refractivity contribution < 1.29 is 28.5 Å². The maximum atomic E-state index is 13.2. The minimum absolute atomic E-state index is 0.0110. The molecule has 2 aromatic carbocycles. The number of aliphatic hydroxyl groups is 1. The zero-order valence-corrected chi connectivity index (χ0v) is 18.8. The van der Waals surface area contributed by atoms with Gasteiger partial charge in [0.15, 0.2) is 11.5 Å². The summed E-state index contributed by atoms with van der Waals surface area (Å²) in [5.74, 6) is 3.14. The normalized spacial score (nSPS) is 18.9. The van der Waals surface area contributed by atoms with Gasteiger partial charge in [-0.2, -0.15) is 0 Å². The molecule has 1 N–H and O–H groups in total. The second kappa shape index (κ2) is 10.5. The lowest BCUT2D eigenvalue weighted by atomic mass is 10.0. The fourth-order valence-corrected chi connectivity index (χ4v) is 3.90. The lowest BCUT2D eigenvalue weighted by Gasteiger charge is -2.45. The van der Waals surface area contributed by atoms with Crippen molar-refractivity contribution in [2.45, 2.75) is 39.1 Å². The Morgan fingerprint density at radius 3 is 2.25 bits per heavy atom. The molecule has 3 rings (SSSR count). The topological polar surface area (TPSA) is 71.5 Å². The van der Waals surface area contributed by atoms with Crippen LogP contribution in [0, 0.1) is 5.82 Å². The van der Waals surface area contributed by atoms with Crippen molar-refractivity contribution in [3.8, 4) is 17.2 Å². The third-order valence-corrected chi connectivity index (χ3v) is 5.73. The molecule has 32 heavy (non-hydrogen) atoms. The lowest BCUT2D eigenvalue weighted by molar-refractivity contribution is 0.0267. The molecule has 0 bridgehead atoms. The minimum Gasteiger partial charge on any atom is -0.493 e. The summed E-state index contributed by atoms with van der Waals surface area (Å²) in [6.07, 6.45) is 0. The Labute approximate surface area is 187 Å². The van der Waals surface area contributed by atoms with E-state index in [2.05, 4.69) is 5.94 Å². The first-order valence-corrected chi connectivity index (χ1v) is 10.4. The molecule has 8 heteroatoms. The highest BCUT2D eigenvalue weighted by molar-refractivity contribution is 5.55. The second-order valence-electron chi connectivity index (χ2n) is 7.80. The quantitative estimate of drug-likeness (QED) is 0.628. The molecule has 0 radical (unpaired) electrons. The van der Waals surface area contributed by atoms with Crippen molar-refractivity contribution in [1.29, 1.82) is 0 Å². The number of methoxy groups -OCH3 is 2. The van der Waals surface area contributed by atoms with Gasteiger partial charge >= 0.3 is 0 Å². The van der Waals surface area contributed by atoms with Gasteiger partial charge in [-0.15, -0.1) is 0 Å². The molecule has 1 fully saturated rings. The summed E-state index contributed by atoms with van der Waals surface area (Å²) in [6, 6.07) is 9.44. The molecule has 0 unspecified atom stereocenters. The summed E-state index contributed by atoms with van der Waals surface area (Å²) in [7, 11) is 3.05. The van der Waals surface area contributed by atoms with Crippen LogP contribution in [0.15, 0.2) is 42.1 Å². The Kier molecular flexibility index (Phi) is 7.75. The summed E-state index contributed by atoms with van der Waals surface area (Å²) in [6.45, 7) is 5.15. The van der Waals surface area contributed by atoms with E-state index in [1.54, 1.807) is 24.3 Å². The average Bonchev–Trinajstić information content (AvgIpc) is 2.81. The zero-order chi connectivity index (χ0) is 23.3. The van der Waals surface area contributed by atoms with E-state index < -0.39 is 0 Å². The van der Waals surface area contributed by atoms with Gasteiger partial charge in [0.2, 0.25) is 5.75 Å². The number of rotatable bonds is 8. The third kappa shape index (κ3) is 5.05. The third-order valence-electron chi connectivity index (χ3n) is 5.73. The number of carbonyl (C=O) groups excluding carboxylic acids is 1. The van der Waals surface area contributed by atoms with E-state index >= 15 is 0 Å². The van der Waals surface area contributed by atoms with E-state index in [0.717, 1.165) is 5.56 Å². The molecule has 172 valence electrons. The predicted octanol–water partition coefficient (Wildman–Crippen LogP) is 2.98. The summed E-state index contributed by atoms with van der Waals surface area (Å²) in [5.41, 5.74) is 2.08. The zero-order valence-electron chi connectivity index (χ0n) is 18.8. The molecule has 1 aliphatic heterocycles. The highest BCUT2D eigenvalue weighted by Gasteiger charge is 2.34. The van der Waals surface area contributed by atoms with E-state index in [1.807, 2.05) is 23.6 Å². The Hall–Kier alpha value is -3.06. The van der Waals surface area contributed by atoms with E-state index in [0.29, 0.717) is 41.6 Å². The monoisotopic (exact) mass is 444 g/mol. The van der Waals surface area contributed by atoms with Crippen LogP contribution in [0.4, 0.5) is 4.39 Å². The molecule has 0 aliphatic carbocycles. The van der Waals surface area contributed by atoms with Gasteiger partial charge in [0.1, 0.15) is 24.2 Å². The van der Waals surface area contributed by atoms with E-state index in [-0.39, 0.29) is 31.2 Å². The van der Waals surface area contributed by atoms with Crippen molar-refractivity contribution in [1.82, 2.24) is 9.80 Å². The van der Waals surface area contributed by atoms with Crippen molar-refractivity contribution in [2.75, 3.05) is 27.5 Å². The molecule has 2 atom stereocenters. The van der Waals surface area contributed by atoms with Crippen LogP contribution in [0.25, 0.3) is 0 Å². The van der Waals surface area contributed by atoms with Crippen LogP contribution in [0.3, 0.4) is 0 Å².